The number of carbonyl (C=O) groups excluding carboxylic acids is 2. The number of anilines is 2. The highest BCUT2D eigenvalue weighted by atomic mass is 35.5. The van der Waals surface area contributed by atoms with Gasteiger partial charge in [0.25, 0.3) is 0 Å². The third kappa shape index (κ3) is 5.03. The first kappa shape index (κ1) is 19.4. The Bertz CT molecular complexity index is 811. The number of ether oxygens (including phenoxy) is 2. The van der Waals surface area contributed by atoms with Crippen LogP contribution in [0.1, 0.15) is 5.56 Å². The lowest BCUT2D eigenvalue weighted by Crippen LogP contribution is -2.36. The molecule has 0 spiro atoms. The van der Waals surface area contributed by atoms with E-state index in [1.807, 2.05) is 12.1 Å². The minimum Gasteiger partial charge on any atom is -0.493 e. The molecule has 2 aromatic carbocycles. The van der Waals surface area contributed by atoms with Gasteiger partial charge in [-0.25, -0.2) is 0 Å². The number of nitrogens with two attached hydrogens (primary N) is 1. The van der Waals surface area contributed by atoms with Crippen LogP contribution in [0.2, 0.25) is 5.02 Å². The second-order valence-electron chi connectivity index (χ2n) is 5.39. The molecule has 7 nitrogen and oxygen atoms in total. The molecule has 2 aromatic rings. The lowest BCUT2D eigenvalue weighted by Gasteiger charge is -2.10. The van der Waals surface area contributed by atoms with E-state index in [0.717, 1.165) is 5.56 Å². The van der Waals surface area contributed by atoms with Crippen molar-refractivity contribution in [1.29, 1.82) is 0 Å². The number of nitrogens with one attached hydrogen (secondary N) is 2. The van der Waals surface area contributed by atoms with Crippen molar-refractivity contribution in [2.45, 2.75) is 6.42 Å². The molecule has 0 unspecified atom stereocenters. The molecule has 0 saturated carbocycles. The van der Waals surface area contributed by atoms with Crippen LogP contribution in [-0.4, -0.2) is 32.6 Å². The van der Waals surface area contributed by atoms with Crippen molar-refractivity contribution in [3.63, 3.8) is 0 Å². The molecule has 4 N–H and O–H groups in total. The minimum absolute atomic E-state index is 0.296. The van der Waals surface area contributed by atoms with E-state index in [0.29, 0.717) is 40.9 Å². The van der Waals surface area contributed by atoms with E-state index in [-0.39, 0.29) is 0 Å². The molecule has 8 heteroatoms. The third-order valence-electron chi connectivity index (χ3n) is 3.61. The lowest BCUT2D eigenvalue weighted by atomic mass is 10.1. The molecule has 26 heavy (non-hydrogen) atoms. The van der Waals surface area contributed by atoms with Crippen molar-refractivity contribution < 1.29 is 19.1 Å². The van der Waals surface area contributed by atoms with Crippen LogP contribution < -0.4 is 25.8 Å². The number of hydrogen-bond acceptors (Lipinski definition) is 5. The maximum Gasteiger partial charge on any atom is 0.313 e. The fourth-order valence-electron chi connectivity index (χ4n) is 2.23. The van der Waals surface area contributed by atoms with Crippen molar-refractivity contribution >= 4 is 34.8 Å². The zero-order valence-electron chi connectivity index (χ0n) is 14.5. The Morgan fingerprint density at radius 3 is 2.42 bits per heavy atom. The Morgan fingerprint density at radius 2 is 1.77 bits per heavy atom. The first-order valence-electron chi connectivity index (χ1n) is 7.79. The Hall–Kier alpha value is -2.93. The molecule has 0 aliphatic carbocycles. The standard InChI is InChI=1S/C18H20ClN3O4/c1-25-15-6-3-11(9-16(15)26-2)7-8-21-17(23)18(24)22-12-4-5-14(20)13(19)10-12/h3-6,9-10H,7-8,20H2,1-2H3,(H,21,23)(H,22,24). The van der Waals surface area contributed by atoms with Gasteiger partial charge in [0.2, 0.25) is 0 Å². The van der Waals surface area contributed by atoms with Crippen molar-refractivity contribution in [2.24, 2.45) is 0 Å². The van der Waals surface area contributed by atoms with Gasteiger partial charge in [-0.3, -0.25) is 9.59 Å². The molecule has 0 heterocycles. The largest absolute Gasteiger partial charge is 0.493 e. The van der Waals surface area contributed by atoms with E-state index < -0.39 is 11.8 Å². The zero-order valence-corrected chi connectivity index (χ0v) is 15.2. The number of nitrogen functional groups attached to an aromatic ring is 1. The number of amides is 2. The highest BCUT2D eigenvalue weighted by Crippen LogP contribution is 2.27. The van der Waals surface area contributed by atoms with Gasteiger partial charge in [-0.15, -0.1) is 0 Å². The van der Waals surface area contributed by atoms with Gasteiger partial charge >= 0.3 is 11.8 Å². The molecule has 0 bridgehead atoms. The van der Waals surface area contributed by atoms with Gasteiger partial charge < -0.3 is 25.8 Å². The van der Waals surface area contributed by atoms with Crippen LogP contribution in [0.5, 0.6) is 11.5 Å². The third-order valence-corrected chi connectivity index (χ3v) is 3.94. The highest BCUT2D eigenvalue weighted by molar-refractivity contribution is 6.40. The van der Waals surface area contributed by atoms with Crippen LogP contribution in [0.15, 0.2) is 36.4 Å². The molecule has 138 valence electrons. The smallest absolute Gasteiger partial charge is 0.313 e. The summed E-state index contributed by atoms with van der Waals surface area (Å²) in [5, 5.41) is 5.33. The van der Waals surface area contributed by atoms with E-state index in [9.17, 15) is 9.59 Å². The maximum atomic E-state index is 11.9. The predicted molar refractivity (Wildman–Crippen MR) is 101 cm³/mol. The summed E-state index contributed by atoms with van der Waals surface area (Å²) in [7, 11) is 3.11. The van der Waals surface area contributed by atoms with Gasteiger partial charge in [0.1, 0.15) is 0 Å². The summed E-state index contributed by atoms with van der Waals surface area (Å²) in [6.45, 7) is 0.296. The fourth-order valence-corrected chi connectivity index (χ4v) is 2.41. The molecular formula is C18H20ClN3O4. The van der Waals surface area contributed by atoms with Gasteiger partial charge in [-0.2, -0.15) is 0 Å². The van der Waals surface area contributed by atoms with Gasteiger partial charge in [-0.05, 0) is 42.3 Å². The molecule has 0 atom stereocenters. The Labute approximate surface area is 156 Å². The molecular weight excluding hydrogens is 358 g/mol. The molecule has 0 aromatic heterocycles. The van der Waals surface area contributed by atoms with Gasteiger partial charge in [0, 0.05) is 12.2 Å². The van der Waals surface area contributed by atoms with E-state index >= 15 is 0 Å². The van der Waals surface area contributed by atoms with Crippen LogP contribution in [0, 0.1) is 0 Å². The average molecular weight is 378 g/mol. The maximum absolute atomic E-state index is 11.9. The second kappa shape index (κ2) is 8.96. The van der Waals surface area contributed by atoms with Crippen molar-refractivity contribution in [2.75, 3.05) is 31.8 Å². The summed E-state index contributed by atoms with van der Waals surface area (Å²) < 4.78 is 10.4. The zero-order chi connectivity index (χ0) is 19.1. The first-order chi connectivity index (χ1) is 12.4. The number of hydrogen-bond donors (Lipinski definition) is 3. The fraction of sp³-hybridized carbons (Fsp3) is 0.222. The van der Waals surface area contributed by atoms with Gasteiger partial charge in [-0.1, -0.05) is 17.7 Å². The number of rotatable bonds is 6. The van der Waals surface area contributed by atoms with Crippen molar-refractivity contribution in [1.82, 2.24) is 5.32 Å². The van der Waals surface area contributed by atoms with Crippen LogP contribution in [-0.2, 0) is 16.0 Å². The lowest BCUT2D eigenvalue weighted by molar-refractivity contribution is -0.136. The summed E-state index contributed by atoms with van der Waals surface area (Å²) in [4.78, 5) is 23.8. The molecule has 2 amide bonds. The number of methoxy groups -OCH3 is 2. The number of benzene rings is 2. The summed E-state index contributed by atoms with van der Waals surface area (Å²) >= 11 is 5.88. The Balaban J connectivity index is 1.86. The van der Waals surface area contributed by atoms with Crippen LogP contribution >= 0.6 is 11.6 Å². The first-order valence-corrected chi connectivity index (χ1v) is 8.17. The minimum atomic E-state index is -0.779. The van der Waals surface area contributed by atoms with E-state index in [1.165, 1.54) is 6.07 Å². The van der Waals surface area contributed by atoms with E-state index in [4.69, 9.17) is 26.8 Å². The summed E-state index contributed by atoms with van der Waals surface area (Å²) in [6.07, 6.45) is 0.535. The monoisotopic (exact) mass is 377 g/mol. The van der Waals surface area contributed by atoms with E-state index in [2.05, 4.69) is 10.6 Å². The summed E-state index contributed by atoms with van der Waals surface area (Å²) in [5.74, 6) is -0.285. The van der Waals surface area contributed by atoms with Crippen LogP contribution in [0.25, 0.3) is 0 Å². The topological polar surface area (TPSA) is 103 Å². The van der Waals surface area contributed by atoms with Crippen LogP contribution in [0.3, 0.4) is 0 Å². The Morgan fingerprint density at radius 1 is 1.04 bits per heavy atom. The molecule has 0 radical (unpaired) electrons. The molecule has 0 fully saturated rings. The van der Waals surface area contributed by atoms with Crippen molar-refractivity contribution in [3.8, 4) is 11.5 Å². The van der Waals surface area contributed by atoms with E-state index in [1.54, 1.807) is 32.4 Å². The summed E-state index contributed by atoms with van der Waals surface area (Å²) in [6, 6.07) is 10.1. The highest BCUT2D eigenvalue weighted by Gasteiger charge is 2.14. The number of halogens is 1. The quantitative estimate of drug-likeness (QED) is 0.529. The van der Waals surface area contributed by atoms with Crippen LogP contribution in [0.4, 0.5) is 11.4 Å². The predicted octanol–water partition coefficient (Wildman–Crippen LogP) is 2.24. The average Bonchev–Trinajstić information content (AvgIpc) is 2.64. The van der Waals surface area contributed by atoms with Gasteiger partial charge in [0.15, 0.2) is 11.5 Å². The SMILES string of the molecule is COc1ccc(CCNC(=O)C(=O)Nc2ccc(N)c(Cl)c2)cc1OC. The molecule has 2 rings (SSSR count). The van der Waals surface area contributed by atoms with Crippen molar-refractivity contribution in [3.05, 3.63) is 47.0 Å². The molecule has 0 aliphatic heterocycles. The summed E-state index contributed by atoms with van der Waals surface area (Å²) in [5.41, 5.74) is 7.32. The molecule has 0 saturated heterocycles. The Kier molecular flexibility index (Phi) is 6.68. The second-order valence-corrected chi connectivity index (χ2v) is 5.79. The molecule has 0 aliphatic rings. The number of carbonyl (C=O) groups is 2. The van der Waals surface area contributed by atoms with Gasteiger partial charge in [0.05, 0.1) is 24.9 Å². The normalized spacial score (nSPS) is 10.1.